The number of rotatable bonds is 7. The molecule has 6 heterocycles. The molecule has 5 aromatic heterocycles. The zero-order chi connectivity index (χ0) is 24.6. The van der Waals surface area contributed by atoms with Crippen LogP contribution in [0.2, 0.25) is 0 Å². The van der Waals surface area contributed by atoms with E-state index in [1.54, 1.807) is 12.5 Å². The fourth-order valence-corrected chi connectivity index (χ4v) is 6.06. The molecule has 0 atom stereocenters. The van der Waals surface area contributed by atoms with Gasteiger partial charge < -0.3 is 13.9 Å². The van der Waals surface area contributed by atoms with Crippen LogP contribution in [0, 0.1) is 12.8 Å². The summed E-state index contributed by atoms with van der Waals surface area (Å²) in [5, 5.41) is 0.600. The second kappa shape index (κ2) is 9.51. The molecule has 1 aliphatic rings. The number of imidazole rings is 1. The fraction of sp³-hybridized carbons (Fsp3) is 0.385. The van der Waals surface area contributed by atoms with Crippen LogP contribution < -0.4 is 11.2 Å². The summed E-state index contributed by atoms with van der Waals surface area (Å²) >= 11 is 1.44. The van der Waals surface area contributed by atoms with E-state index in [0.29, 0.717) is 35.8 Å². The normalized spacial score (nSPS) is 15.4. The lowest BCUT2D eigenvalue weighted by Gasteiger charge is -2.31. The molecule has 1 saturated heterocycles. The predicted octanol–water partition coefficient (Wildman–Crippen LogP) is 3.40. The first-order valence-electron chi connectivity index (χ1n) is 12.3. The van der Waals surface area contributed by atoms with E-state index in [1.807, 2.05) is 37.3 Å². The molecule has 186 valence electrons. The predicted molar refractivity (Wildman–Crippen MR) is 140 cm³/mol. The monoisotopic (exact) mass is 504 g/mol. The van der Waals surface area contributed by atoms with Crippen LogP contribution in [0.25, 0.3) is 21.4 Å². The summed E-state index contributed by atoms with van der Waals surface area (Å²) in [7, 11) is 0. The molecule has 0 saturated carbocycles. The third-order valence-electron chi connectivity index (χ3n) is 7.09. The van der Waals surface area contributed by atoms with Gasteiger partial charge in [0.05, 0.1) is 18.2 Å². The molecule has 0 aliphatic carbocycles. The van der Waals surface area contributed by atoms with Crippen molar-refractivity contribution >= 4 is 32.7 Å². The highest BCUT2D eigenvalue weighted by Gasteiger charge is 2.23. The van der Waals surface area contributed by atoms with Gasteiger partial charge in [-0.15, -0.1) is 11.3 Å². The lowest BCUT2D eigenvalue weighted by Crippen LogP contribution is -2.41. The molecule has 0 amide bonds. The molecule has 0 unspecified atom stereocenters. The smallest absolute Gasteiger partial charge is 0.329 e. The Bertz CT molecular complexity index is 1620. The van der Waals surface area contributed by atoms with Crippen LogP contribution in [0.5, 0.6) is 0 Å². The largest absolute Gasteiger partial charge is 0.467 e. The minimum absolute atomic E-state index is 0.197. The molecular weight excluding hydrogens is 476 g/mol. The van der Waals surface area contributed by atoms with E-state index < -0.39 is 0 Å². The minimum Gasteiger partial charge on any atom is -0.467 e. The van der Waals surface area contributed by atoms with E-state index >= 15 is 0 Å². The minimum atomic E-state index is -0.326. The van der Waals surface area contributed by atoms with E-state index in [-0.39, 0.29) is 11.2 Å². The second-order valence-corrected chi connectivity index (χ2v) is 10.8. The number of aryl methyl sites for hydroxylation is 1. The molecule has 1 N–H and O–H groups in total. The molecular formula is C26H28N6O3S. The lowest BCUT2D eigenvalue weighted by atomic mass is 9.93. The van der Waals surface area contributed by atoms with Crippen LogP contribution in [0.4, 0.5) is 0 Å². The zero-order valence-corrected chi connectivity index (χ0v) is 21.0. The van der Waals surface area contributed by atoms with E-state index in [2.05, 4.69) is 19.4 Å². The first kappa shape index (κ1) is 22.9. The SMILES string of the molecule is Cc1cc2c(=O)n(CCN3CCC(Cc4nc5cccnc5n4Cc4ccco4)CC3)c(=O)[nH]c2s1. The van der Waals surface area contributed by atoms with Gasteiger partial charge in [0.25, 0.3) is 5.56 Å². The molecule has 0 aromatic carbocycles. The van der Waals surface area contributed by atoms with Crippen LogP contribution in [0.15, 0.2) is 56.8 Å². The Morgan fingerprint density at radius 1 is 1.14 bits per heavy atom. The molecule has 1 fully saturated rings. The Balaban J connectivity index is 1.11. The number of thiophene rings is 1. The summed E-state index contributed by atoms with van der Waals surface area (Å²) in [6, 6.07) is 9.66. The van der Waals surface area contributed by atoms with Gasteiger partial charge in [-0.25, -0.2) is 14.8 Å². The quantitative estimate of drug-likeness (QED) is 0.365. The number of aromatic amines is 1. The van der Waals surface area contributed by atoms with Crippen molar-refractivity contribution in [1.29, 1.82) is 0 Å². The van der Waals surface area contributed by atoms with Crippen molar-refractivity contribution < 1.29 is 4.42 Å². The van der Waals surface area contributed by atoms with Crippen molar-refractivity contribution in [2.24, 2.45) is 5.92 Å². The van der Waals surface area contributed by atoms with Crippen LogP contribution in [-0.4, -0.2) is 48.6 Å². The van der Waals surface area contributed by atoms with Crippen molar-refractivity contribution in [3.63, 3.8) is 0 Å². The van der Waals surface area contributed by atoms with Gasteiger partial charge in [-0.1, -0.05) is 0 Å². The zero-order valence-electron chi connectivity index (χ0n) is 20.1. The lowest BCUT2D eigenvalue weighted by molar-refractivity contribution is 0.176. The number of piperidine rings is 1. The number of pyridine rings is 1. The van der Waals surface area contributed by atoms with E-state index in [4.69, 9.17) is 9.40 Å². The van der Waals surface area contributed by atoms with Crippen LogP contribution in [0.3, 0.4) is 0 Å². The van der Waals surface area contributed by atoms with Gasteiger partial charge in [-0.2, -0.15) is 0 Å². The number of nitrogens with one attached hydrogen (secondary N) is 1. The Morgan fingerprint density at radius 2 is 2.00 bits per heavy atom. The molecule has 1 aliphatic heterocycles. The number of nitrogens with zero attached hydrogens (tertiary/aromatic N) is 5. The highest BCUT2D eigenvalue weighted by molar-refractivity contribution is 7.18. The van der Waals surface area contributed by atoms with Gasteiger partial charge in [-0.3, -0.25) is 14.3 Å². The van der Waals surface area contributed by atoms with Gasteiger partial charge in [0.15, 0.2) is 5.65 Å². The number of aromatic nitrogens is 5. The highest BCUT2D eigenvalue weighted by atomic mass is 32.1. The Hall–Kier alpha value is -3.50. The Kier molecular flexibility index (Phi) is 6.06. The fourth-order valence-electron chi connectivity index (χ4n) is 5.17. The number of H-pyrrole nitrogens is 1. The van der Waals surface area contributed by atoms with Crippen LogP contribution in [-0.2, 0) is 19.5 Å². The average Bonchev–Trinajstić information content (AvgIpc) is 3.60. The van der Waals surface area contributed by atoms with Gasteiger partial charge in [0, 0.05) is 30.6 Å². The van der Waals surface area contributed by atoms with Crippen LogP contribution in [0.1, 0.15) is 29.3 Å². The standard InChI is InChI=1S/C26H28N6O3S/c1-17-14-20-24(36-17)29-26(34)31(25(20)33)12-11-30-9-6-18(7-10-30)15-22-28-21-5-2-8-27-23(21)32(22)16-19-4-3-13-35-19/h2-5,8,13-14,18H,6-7,9-12,15-16H2,1H3,(H,29,34). The molecule has 5 aromatic rings. The van der Waals surface area contributed by atoms with Gasteiger partial charge in [-0.05, 0) is 69.1 Å². The molecule has 9 nitrogen and oxygen atoms in total. The molecule has 10 heteroatoms. The highest BCUT2D eigenvalue weighted by Crippen LogP contribution is 2.24. The summed E-state index contributed by atoms with van der Waals surface area (Å²) in [5.41, 5.74) is 1.27. The maximum absolute atomic E-state index is 12.8. The van der Waals surface area contributed by atoms with Gasteiger partial charge >= 0.3 is 5.69 Å². The average molecular weight is 505 g/mol. The summed E-state index contributed by atoms with van der Waals surface area (Å²) in [5.74, 6) is 2.44. The van der Waals surface area contributed by atoms with Gasteiger partial charge in [0.1, 0.15) is 21.9 Å². The van der Waals surface area contributed by atoms with Crippen molar-refractivity contribution in [2.75, 3.05) is 19.6 Å². The first-order chi connectivity index (χ1) is 17.5. The number of hydrogen-bond donors (Lipinski definition) is 1. The molecule has 36 heavy (non-hydrogen) atoms. The van der Waals surface area contributed by atoms with E-state index in [0.717, 1.165) is 60.0 Å². The maximum Gasteiger partial charge on any atom is 0.329 e. The van der Waals surface area contributed by atoms with E-state index in [1.165, 1.54) is 15.9 Å². The summed E-state index contributed by atoms with van der Waals surface area (Å²) in [4.78, 5) is 41.7. The number of fused-ring (bicyclic) bond motifs is 2. The number of furan rings is 1. The van der Waals surface area contributed by atoms with Crippen molar-refractivity contribution in [3.8, 4) is 0 Å². The van der Waals surface area contributed by atoms with E-state index in [9.17, 15) is 9.59 Å². The molecule has 6 rings (SSSR count). The maximum atomic E-state index is 12.8. The summed E-state index contributed by atoms with van der Waals surface area (Å²) in [6.45, 7) is 5.52. The third kappa shape index (κ3) is 4.42. The van der Waals surface area contributed by atoms with Crippen molar-refractivity contribution in [1.82, 2.24) is 29.0 Å². The summed E-state index contributed by atoms with van der Waals surface area (Å²) < 4.78 is 9.09. The first-order valence-corrected chi connectivity index (χ1v) is 13.1. The molecule has 0 bridgehead atoms. The molecule has 0 radical (unpaired) electrons. The Labute approximate surface area is 211 Å². The number of hydrogen-bond acceptors (Lipinski definition) is 7. The van der Waals surface area contributed by atoms with Crippen LogP contribution >= 0.6 is 11.3 Å². The third-order valence-corrected chi connectivity index (χ3v) is 8.06. The Morgan fingerprint density at radius 3 is 2.81 bits per heavy atom. The number of likely N-dealkylation sites (tertiary alicyclic amines) is 1. The van der Waals surface area contributed by atoms with Crippen molar-refractivity contribution in [2.45, 2.75) is 39.3 Å². The van der Waals surface area contributed by atoms with Crippen molar-refractivity contribution in [3.05, 3.63) is 80.1 Å². The molecule has 0 spiro atoms. The second-order valence-electron chi connectivity index (χ2n) is 9.52. The summed E-state index contributed by atoms with van der Waals surface area (Å²) in [6.07, 6.45) is 6.48. The topological polar surface area (TPSA) is 102 Å². The van der Waals surface area contributed by atoms with Gasteiger partial charge in [0.2, 0.25) is 0 Å².